The third-order valence-corrected chi connectivity index (χ3v) is 3.26. The van der Waals surface area contributed by atoms with Crippen molar-refractivity contribution < 1.29 is 4.39 Å². The number of benzene rings is 1. The van der Waals surface area contributed by atoms with E-state index in [4.69, 9.17) is 0 Å². The van der Waals surface area contributed by atoms with E-state index in [9.17, 15) is 4.39 Å². The topological polar surface area (TPSA) is 12.0 Å². The fourth-order valence-electron chi connectivity index (χ4n) is 2.16. The van der Waals surface area contributed by atoms with Gasteiger partial charge in [0.05, 0.1) is 0 Å². The molecule has 1 aliphatic heterocycles. The summed E-state index contributed by atoms with van der Waals surface area (Å²) in [5, 5.41) is 3.21. The van der Waals surface area contributed by atoms with Crippen LogP contribution in [-0.4, -0.2) is 12.7 Å². The summed E-state index contributed by atoms with van der Waals surface area (Å²) in [7, 11) is 0. The predicted molar refractivity (Wildman–Crippen MR) is 65.4 cm³/mol. The molecular formula is C14H20FN. The van der Waals surface area contributed by atoms with Crippen LogP contribution in [0.1, 0.15) is 44.4 Å². The third-order valence-electron chi connectivity index (χ3n) is 3.26. The van der Waals surface area contributed by atoms with Gasteiger partial charge in [0.15, 0.2) is 0 Å². The number of hydrogen-bond donors (Lipinski definition) is 1. The lowest BCUT2D eigenvalue weighted by Gasteiger charge is -2.20. The van der Waals surface area contributed by atoms with Gasteiger partial charge in [-0.1, -0.05) is 45.0 Å². The predicted octanol–water partition coefficient (Wildman–Crippen LogP) is 3.36. The Balaban J connectivity index is 2.14. The molecule has 2 rings (SSSR count). The Bertz CT molecular complexity index is 350. The van der Waals surface area contributed by atoms with Gasteiger partial charge in [0.1, 0.15) is 6.17 Å². The Kier molecular flexibility index (Phi) is 3.02. The molecule has 2 atom stereocenters. The van der Waals surface area contributed by atoms with Gasteiger partial charge in [0, 0.05) is 12.6 Å². The highest BCUT2D eigenvalue weighted by Crippen LogP contribution is 2.28. The first-order chi connectivity index (χ1) is 7.47. The zero-order valence-corrected chi connectivity index (χ0v) is 10.3. The molecule has 0 bridgehead atoms. The van der Waals surface area contributed by atoms with Crippen LogP contribution in [0.15, 0.2) is 24.3 Å². The molecule has 1 aromatic carbocycles. The van der Waals surface area contributed by atoms with E-state index in [1.54, 1.807) is 0 Å². The Labute approximate surface area is 97.1 Å². The first kappa shape index (κ1) is 11.6. The normalized spacial score (nSPS) is 26.0. The smallest absolute Gasteiger partial charge is 0.114 e. The summed E-state index contributed by atoms with van der Waals surface area (Å²) in [6.07, 6.45) is -0.0817. The highest BCUT2D eigenvalue weighted by Gasteiger charge is 2.24. The Hall–Kier alpha value is -0.890. The van der Waals surface area contributed by atoms with Gasteiger partial charge in [-0.05, 0) is 23.0 Å². The highest BCUT2D eigenvalue weighted by atomic mass is 19.1. The van der Waals surface area contributed by atoms with Gasteiger partial charge < -0.3 is 5.32 Å². The molecule has 2 heteroatoms. The van der Waals surface area contributed by atoms with Gasteiger partial charge in [-0.15, -0.1) is 0 Å². The average molecular weight is 221 g/mol. The summed E-state index contributed by atoms with van der Waals surface area (Å²) < 4.78 is 13.1. The molecule has 0 amide bonds. The summed E-state index contributed by atoms with van der Waals surface area (Å²) in [5.41, 5.74) is 2.71. The molecule has 1 heterocycles. The molecule has 0 radical (unpaired) electrons. The summed E-state index contributed by atoms with van der Waals surface area (Å²) in [5.74, 6) is 0. The molecule has 1 aliphatic rings. The van der Waals surface area contributed by atoms with Crippen molar-refractivity contribution in [1.29, 1.82) is 0 Å². The largest absolute Gasteiger partial charge is 0.307 e. The minimum absolute atomic E-state index is 0.185. The minimum Gasteiger partial charge on any atom is -0.307 e. The Morgan fingerprint density at radius 1 is 1.19 bits per heavy atom. The second-order valence-electron chi connectivity index (χ2n) is 5.67. The van der Waals surface area contributed by atoms with Crippen LogP contribution in [0.4, 0.5) is 4.39 Å². The maximum atomic E-state index is 13.1. The zero-order valence-electron chi connectivity index (χ0n) is 10.3. The first-order valence-electron chi connectivity index (χ1n) is 5.95. The van der Waals surface area contributed by atoms with Crippen molar-refractivity contribution in [3.8, 4) is 0 Å². The van der Waals surface area contributed by atoms with Crippen molar-refractivity contribution >= 4 is 0 Å². The average Bonchev–Trinajstić information content (AvgIpc) is 2.64. The molecule has 2 unspecified atom stereocenters. The van der Waals surface area contributed by atoms with Crippen LogP contribution >= 0.6 is 0 Å². The minimum atomic E-state index is -0.688. The molecule has 1 N–H and O–H groups in total. The molecule has 1 fully saturated rings. The molecule has 1 nitrogen and oxygen atoms in total. The standard InChI is InChI=1S/C14H20FN/c1-14(2,3)11-6-4-10(5-7-11)13-8-12(15)9-16-13/h4-7,12-13,16H,8-9H2,1-3H3. The van der Waals surface area contributed by atoms with E-state index >= 15 is 0 Å². The van der Waals surface area contributed by atoms with E-state index in [0.29, 0.717) is 13.0 Å². The number of rotatable bonds is 1. The van der Waals surface area contributed by atoms with Crippen molar-refractivity contribution in [1.82, 2.24) is 5.32 Å². The van der Waals surface area contributed by atoms with Gasteiger partial charge in [0.25, 0.3) is 0 Å². The van der Waals surface area contributed by atoms with Crippen LogP contribution in [0, 0.1) is 0 Å². The van der Waals surface area contributed by atoms with Crippen molar-refractivity contribution in [3.63, 3.8) is 0 Å². The molecule has 1 saturated heterocycles. The Morgan fingerprint density at radius 3 is 2.25 bits per heavy atom. The van der Waals surface area contributed by atoms with Crippen molar-refractivity contribution in [2.45, 2.75) is 44.8 Å². The second kappa shape index (κ2) is 4.17. The molecule has 16 heavy (non-hydrogen) atoms. The lowest BCUT2D eigenvalue weighted by atomic mass is 9.86. The maximum absolute atomic E-state index is 13.1. The maximum Gasteiger partial charge on any atom is 0.114 e. The second-order valence-corrected chi connectivity index (χ2v) is 5.67. The fourth-order valence-corrected chi connectivity index (χ4v) is 2.16. The van der Waals surface area contributed by atoms with E-state index in [0.717, 1.165) is 0 Å². The lowest BCUT2D eigenvalue weighted by molar-refractivity contribution is 0.356. The van der Waals surface area contributed by atoms with Gasteiger partial charge >= 0.3 is 0 Å². The summed E-state index contributed by atoms with van der Waals surface area (Å²) in [6.45, 7) is 7.10. The van der Waals surface area contributed by atoms with E-state index in [-0.39, 0.29) is 11.5 Å². The van der Waals surface area contributed by atoms with Gasteiger partial charge in [-0.3, -0.25) is 0 Å². The molecule has 88 valence electrons. The van der Waals surface area contributed by atoms with Crippen LogP contribution in [0.5, 0.6) is 0 Å². The van der Waals surface area contributed by atoms with E-state index in [1.165, 1.54) is 11.1 Å². The van der Waals surface area contributed by atoms with Crippen LogP contribution in [0.25, 0.3) is 0 Å². The van der Waals surface area contributed by atoms with Gasteiger partial charge in [-0.25, -0.2) is 4.39 Å². The van der Waals surface area contributed by atoms with Crippen LogP contribution in [-0.2, 0) is 5.41 Å². The Morgan fingerprint density at radius 2 is 1.81 bits per heavy atom. The first-order valence-corrected chi connectivity index (χ1v) is 5.95. The van der Waals surface area contributed by atoms with E-state index in [1.807, 2.05) is 0 Å². The fraction of sp³-hybridized carbons (Fsp3) is 0.571. The van der Waals surface area contributed by atoms with E-state index in [2.05, 4.69) is 50.4 Å². The van der Waals surface area contributed by atoms with Crippen LogP contribution in [0.3, 0.4) is 0 Å². The number of halogens is 1. The summed E-state index contributed by atoms with van der Waals surface area (Å²) in [4.78, 5) is 0. The monoisotopic (exact) mass is 221 g/mol. The number of alkyl halides is 1. The van der Waals surface area contributed by atoms with E-state index < -0.39 is 6.17 Å². The summed E-state index contributed by atoms with van der Waals surface area (Å²) >= 11 is 0. The quantitative estimate of drug-likeness (QED) is 0.766. The molecular weight excluding hydrogens is 201 g/mol. The molecule has 0 spiro atoms. The SMILES string of the molecule is CC(C)(C)c1ccc(C2CC(F)CN2)cc1. The van der Waals surface area contributed by atoms with Gasteiger partial charge in [0.2, 0.25) is 0 Å². The van der Waals surface area contributed by atoms with Gasteiger partial charge in [-0.2, -0.15) is 0 Å². The van der Waals surface area contributed by atoms with Crippen molar-refractivity contribution in [2.75, 3.05) is 6.54 Å². The molecule has 0 aromatic heterocycles. The molecule has 1 aromatic rings. The number of hydrogen-bond acceptors (Lipinski definition) is 1. The zero-order chi connectivity index (χ0) is 11.8. The van der Waals surface area contributed by atoms with Crippen LogP contribution in [0.2, 0.25) is 0 Å². The molecule has 0 aliphatic carbocycles. The highest BCUT2D eigenvalue weighted by molar-refractivity contribution is 5.29. The van der Waals surface area contributed by atoms with Crippen molar-refractivity contribution in [3.05, 3.63) is 35.4 Å². The van der Waals surface area contributed by atoms with Crippen molar-refractivity contribution in [2.24, 2.45) is 0 Å². The van der Waals surface area contributed by atoms with Crippen LogP contribution < -0.4 is 5.32 Å². The number of nitrogens with one attached hydrogen (secondary N) is 1. The lowest BCUT2D eigenvalue weighted by Crippen LogP contribution is -2.15. The third kappa shape index (κ3) is 2.43. The summed E-state index contributed by atoms with van der Waals surface area (Å²) in [6, 6.07) is 8.75. The molecule has 0 saturated carbocycles.